The SMILES string of the molecule is NC1NC=C(SCCCBr)S1. The second kappa shape index (κ2) is 5.35. The Morgan fingerprint density at radius 1 is 1.82 bits per heavy atom. The van der Waals surface area contributed by atoms with Gasteiger partial charge in [-0.25, -0.2) is 0 Å². The predicted octanol–water partition coefficient (Wildman–Crippen LogP) is 1.88. The van der Waals surface area contributed by atoms with Crippen molar-refractivity contribution in [2.24, 2.45) is 5.73 Å². The average Bonchev–Trinajstić information content (AvgIpc) is 2.37. The molecule has 3 N–H and O–H groups in total. The van der Waals surface area contributed by atoms with Gasteiger partial charge in [-0.05, 0) is 12.2 Å². The van der Waals surface area contributed by atoms with E-state index >= 15 is 0 Å². The summed E-state index contributed by atoms with van der Waals surface area (Å²) < 4.78 is 1.30. The van der Waals surface area contributed by atoms with Crippen LogP contribution in [0, 0.1) is 0 Å². The van der Waals surface area contributed by atoms with E-state index in [1.165, 1.54) is 16.4 Å². The topological polar surface area (TPSA) is 38.0 Å². The number of nitrogens with two attached hydrogens (primary N) is 1. The van der Waals surface area contributed by atoms with E-state index < -0.39 is 0 Å². The van der Waals surface area contributed by atoms with Crippen LogP contribution in [0.5, 0.6) is 0 Å². The third-order valence-electron chi connectivity index (χ3n) is 1.13. The molecule has 0 aromatic carbocycles. The lowest BCUT2D eigenvalue weighted by Gasteiger charge is -2.01. The molecule has 1 atom stereocenters. The van der Waals surface area contributed by atoms with Gasteiger partial charge >= 0.3 is 0 Å². The van der Waals surface area contributed by atoms with Crippen LogP contribution in [-0.2, 0) is 0 Å². The van der Waals surface area contributed by atoms with Crippen LogP contribution in [0.3, 0.4) is 0 Å². The van der Waals surface area contributed by atoms with Crippen LogP contribution < -0.4 is 11.1 Å². The summed E-state index contributed by atoms with van der Waals surface area (Å²) in [4.78, 5) is 0. The Morgan fingerprint density at radius 3 is 3.18 bits per heavy atom. The van der Waals surface area contributed by atoms with E-state index in [1.54, 1.807) is 11.8 Å². The first-order valence-electron chi connectivity index (χ1n) is 3.40. The van der Waals surface area contributed by atoms with Crippen molar-refractivity contribution in [3.8, 4) is 0 Å². The molecule has 0 aromatic heterocycles. The van der Waals surface area contributed by atoms with E-state index in [2.05, 4.69) is 21.2 Å². The van der Waals surface area contributed by atoms with E-state index in [0.29, 0.717) is 0 Å². The van der Waals surface area contributed by atoms with Gasteiger partial charge in [-0.15, -0.1) is 11.8 Å². The van der Waals surface area contributed by atoms with Gasteiger partial charge in [-0.1, -0.05) is 27.7 Å². The molecule has 0 radical (unpaired) electrons. The molecule has 1 aliphatic heterocycles. The van der Waals surface area contributed by atoms with Crippen molar-refractivity contribution in [3.05, 3.63) is 10.4 Å². The lowest BCUT2D eigenvalue weighted by molar-refractivity contribution is 0.837. The van der Waals surface area contributed by atoms with Gasteiger partial charge in [0.05, 0.1) is 4.24 Å². The highest BCUT2D eigenvalue weighted by Gasteiger charge is 2.11. The summed E-state index contributed by atoms with van der Waals surface area (Å²) in [6.07, 6.45) is 3.20. The van der Waals surface area contributed by atoms with Gasteiger partial charge in [0.15, 0.2) is 0 Å². The largest absolute Gasteiger partial charge is 0.366 e. The van der Waals surface area contributed by atoms with E-state index in [1.807, 2.05) is 18.0 Å². The van der Waals surface area contributed by atoms with Crippen molar-refractivity contribution < 1.29 is 0 Å². The Labute approximate surface area is 83.9 Å². The zero-order valence-corrected chi connectivity index (χ0v) is 9.27. The third-order valence-corrected chi connectivity index (χ3v) is 3.97. The summed E-state index contributed by atoms with van der Waals surface area (Å²) in [6, 6.07) is 0. The van der Waals surface area contributed by atoms with Crippen molar-refractivity contribution in [3.63, 3.8) is 0 Å². The molecule has 2 nitrogen and oxygen atoms in total. The maximum absolute atomic E-state index is 5.61. The van der Waals surface area contributed by atoms with Crippen molar-refractivity contribution in [1.82, 2.24) is 5.32 Å². The van der Waals surface area contributed by atoms with E-state index in [-0.39, 0.29) is 5.50 Å². The summed E-state index contributed by atoms with van der Waals surface area (Å²) in [7, 11) is 0. The van der Waals surface area contributed by atoms with Gasteiger partial charge in [0.1, 0.15) is 5.50 Å². The van der Waals surface area contributed by atoms with Gasteiger partial charge in [0.25, 0.3) is 0 Å². The van der Waals surface area contributed by atoms with Gasteiger partial charge in [0.2, 0.25) is 0 Å². The first-order chi connectivity index (χ1) is 5.33. The normalized spacial score (nSPS) is 23.1. The number of nitrogens with one attached hydrogen (secondary N) is 1. The highest BCUT2D eigenvalue weighted by molar-refractivity contribution is 9.09. The first kappa shape index (κ1) is 9.77. The average molecular weight is 255 g/mol. The van der Waals surface area contributed by atoms with E-state index in [9.17, 15) is 0 Å². The molecule has 0 fully saturated rings. The highest BCUT2D eigenvalue weighted by Crippen LogP contribution is 2.33. The van der Waals surface area contributed by atoms with Crippen LogP contribution in [-0.4, -0.2) is 16.6 Å². The third kappa shape index (κ3) is 3.73. The van der Waals surface area contributed by atoms with E-state index in [4.69, 9.17) is 5.73 Å². The quantitative estimate of drug-likeness (QED) is 0.594. The monoisotopic (exact) mass is 254 g/mol. The summed E-state index contributed by atoms with van der Waals surface area (Å²) >= 11 is 6.95. The molecular weight excluding hydrogens is 244 g/mol. The fourth-order valence-corrected chi connectivity index (χ4v) is 3.29. The molecule has 0 saturated carbocycles. The Kier molecular flexibility index (Phi) is 4.75. The van der Waals surface area contributed by atoms with E-state index in [0.717, 1.165) is 5.33 Å². The zero-order chi connectivity index (χ0) is 8.10. The van der Waals surface area contributed by atoms with Crippen molar-refractivity contribution >= 4 is 39.5 Å². The molecular formula is C6H11BrN2S2. The number of alkyl halides is 1. The second-order valence-electron chi connectivity index (χ2n) is 2.06. The maximum Gasteiger partial charge on any atom is 0.127 e. The number of hydrogen-bond acceptors (Lipinski definition) is 4. The minimum atomic E-state index is 0.0708. The molecule has 0 aromatic rings. The Hall–Kier alpha value is 0.680. The number of thioether (sulfide) groups is 2. The van der Waals surface area contributed by atoms with Crippen molar-refractivity contribution in [2.75, 3.05) is 11.1 Å². The molecule has 1 aliphatic rings. The minimum absolute atomic E-state index is 0.0708. The lowest BCUT2D eigenvalue weighted by atomic mass is 10.6. The summed E-state index contributed by atoms with van der Waals surface area (Å²) in [6.45, 7) is 0. The number of halogens is 1. The Balaban J connectivity index is 2.08. The van der Waals surface area contributed by atoms with Gasteiger partial charge < -0.3 is 11.1 Å². The molecule has 5 heteroatoms. The zero-order valence-electron chi connectivity index (χ0n) is 6.05. The van der Waals surface area contributed by atoms with Crippen molar-refractivity contribution in [1.29, 1.82) is 0 Å². The van der Waals surface area contributed by atoms with Crippen LogP contribution in [0.1, 0.15) is 6.42 Å². The summed E-state index contributed by atoms with van der Waals surface area (Å²) in [5.41, 5.74) is 5.68. The van der Waals surface area contributed by atoms with Crippen LogP contribution in [0.2, 0.25) is 0 Å². The standard InChI is InChI=1S/C6H11BrN2S2/c7-2-1-3-10-5-4-9-6(8)11-5/h4,6,9H,1-3,8H2. The fourth-order valence-electron chi connectivity index (χ4n) is 0.646. The molecule has 1 rings (SSSR count). The molecule has 1 unspecified atom stereocenters. The van der Waals surface area contributed by atoms with Gasteiger partial charge in [0, 0.05) is 11.5 Å². The minimum Gasteiger partial charge on any atom is -0.366 e. The molecule has 64 valence electrons. The Bertz CT molecular complexity index is 152. The van der Waals surface area contributed by atoms with Gasteiger partial charge in [-0.2, -0.15) is 0 Å². The fraction of sp³-hybridized carbons (Fsp3) is 0.667. The van der Waals surface area contributed by atoms with Crippen molar-refractivity contribution in [2.45, 2.75) is 11.9 Å². The first-order valence-corrected chi connectivity index (χ1v) is 6.39. The van der Waals surface area contributed by atoms with Crippen LogP contribution in [0.25, 0.3) is 0 Å². The molecule has 0 spiro atoms. The molecule has 0 saturated heterocycles. The highest BCUT2D eigenvalue weighted by atomic mass is 79.9. The Morgan fingerprint density at radius 2 is 2.64 bits per heavy atom. The molecule has 11 heavy (non-hydrogen) atoms. The molecule has 0 bridgehead atoms. The lowest BCUT2D eigenvalue weighted by Crippen LogP contribution is -2.25. The molecule has 1 heterocycles. The second-order valence-corrected chi connectivity index (χ2v) is 5.43. The van der Waals surface area contributed by atoms with Crippen LogP contribution >= 0.6 is 39.5 Å². The summed E-state index contributed by atoms with van der Waals surface area (Å²) in [5.74, 6) is 1.17. The summed E-state index contributed by atoms with van der Waals surface area (Å²) in [5, 5.41) is 4.12. The predicted molar refractivity (Wildman–Crippen MR) is 57.7 cm³/mol. The maximum atomic E-state index is 5.61. The van der Waals surface area contributed by atoms with Crippen LogP contribution in [0.4, 0.5) is 0 Å². The smallest absolute Gasteiger partial charge is 0.127 e. The van der Waals surface area contributed by atoms with Crippen LogP contribution in [0.15, 0.2) is 10.4 Å². The number of rotatable bonds is 4. The molecule has 0 amide bonds. The molecule has 0 aliphatic carbocycles. The van der Waals surface area contributed by atoms with Gasteiger partial charge in [-0.3, -0.25) is 0 Å². The number of hydrogen-bond donors (Lipinski definition) is 2.